The molecule has 100 valence electrons. The minimum Gasteiger partial charge on any atom is -0.480 e. The fourth-order valence-corrected chi connectivity index (χ4v) is 1.84. The highest BCUT2D eigenvalue weighted by molar-refractivity contribution is 9.10. The Labute approximate surface area is 123 Å². The fourth-order valence-electron chi connectivity index (χ4n) is 1.36. The molecular weight excluding hydrogens is 336 g/mol. The van der Waals surface area contributed by atoms with Gasteiger partial charge in [-0.2, -0.15) is 0 Å². The summed E-state index contributed by atoms with van der Waals surface area (Å²) in [4.78, 5) is 8.49. The summed E-state index contributed by atoms with van der Waals surface area (Å²) >= 11 is 9.35. The molecule has 0 radical (unpaired) electrons. The third-order valence-corrected chi connectivity index (χ3v) is 3.57. The van der Waals surface area contributed by atoms with Crippen molar-refractivity contribution in [2.24, 2.45) is 0 Å². The van der Waals surface area contributed by atoms with Gasteiger partial charge in [0.15, 0.2) is 5.82 Å². The first-order chi connectivity index (χ1) is 9.15. The molecule has 0 N–H and O–H groups in total. The normalized spacial score (nSPS) is 10.5. The minimum absolute atomic E-state index is 0.301. The van der Waals surface area contributed by atoms with Gasteiger partial charge in [0.25, 0.3) is 0 Å². The second-order valence-electron chi connectivity index (χ2n) is 3.49. The summed E-state index contributed by atoms with van der Waals surface area (Å²) in [7, 11) is 3.10. The van der Waals surface area contributed by atoms with Crippen LogP contribution >= 0.6 is 27.5 Å². The summed E-state index contributed by atoms with van der Waals surface area (Å²) in [6, 6.07) is 3.39. The maximum atomic E-state index is 6.04. The summed E-state index contributed by atoms with van der Waals surface area (Å²) in [5.74, 6) is 0.805. The van der Waals surface area contributed by atoms with E-state index >= 15 is 0 Å². The summed E-state index contributed by atoms with van der Waals surface area (Å²) in [6.45, 7) is 0.319. The Kier molecular flexibility index (Phi) is 4.62. The number of nitrogens with zero attached hydrogens (tertiary/aromatic N) is 4. The molecule has 0 bridgehead atoms. The molecule has 2 aromatic rings. The van der Waals surface area contributed by atoms with Crippen LogP contribution in [0.2, 0.25) is 5.15 Å². The molecule has 0 aromatic carbocycles. The van der Waals surface area contributed by atoms with Crippen LogP contribution in [0.1, 0.15) is 5.69 Å². The number of hydrogen-bond donors (Lipinski definition) is 0. The van der Waals surface area contributed by atoms with Crippen molar-refractivity contribution in [3.05, 3.63) is 27.5 Å². The van der Waals surface area contributed by atoms with E-state index < -0.39 is 0 Å². The first kappa shape index (κ1) is 14.1. The van der Waals surface area contributed by atoms with Gasteiger partial charge in [-0.1, -0.05) is 11.6 Å². The van der Waals surface area contributed by atoms with Crippen molar-refractivity contribution < 1.29 is 9.47 Å². The molecule has 0 aliphatic rings. The quantitative estimate of drug-likeness (QED) is 0.793. The Bertz CT molecular complexity index is 580. The first-order valence-electron chi connectivity index (χ1n) is 5.24. The van der Waals surface area contributed by atoms with Crippen LogP contribution in [0, 0.1) is 0 Å². The number of hydrogen-bond acceptors (Lipinski definition) is 6. The van der Waals surface area contributed by atoms with E-state index in [0.29, 0.717) is 39.3 Å². The van der Waals surface area contributed by atoms with Crippen LogP contribution in [-0.2, 0) is 11.3 Å². The number of rotatable bonds is 4. The van der Waals surface area contributed by atoms with Gasteiger partial charge in [-0.05, 0) is 22.0 Å². The Morgan fingerprint density at radius 1 is 1.21 bits per heavy atom. The first-order valence-corrected chi connectivity index (χ1v) is 6.41. The van der Waals surface area contributed by atoms with E-state index in [1.807, 2.05) is 0 Å². The van der Waals surface area contributed by atoms with Gasteiger partial charge in [-0.3, -0.25) is 0 Å². The maximum absolute atomic E-state index is 6.04. The van der Waals surface area contributed by atoms with E-state index in [-0.39, 0.29) is 0 Å². The molecule has 2 rings (SSSR count). The lowest BCUT2D eigenvalue weighted by Crippen LogP contribution is -2.02. The molecule has 0 unspecified atom stereocenters. The topological polar surface area (TPSA) is 70.0 Å². The standard InChI is InChI=1S/C11H10BrClN4O2/c1-18-5-7-9(12)10(13)15-11(14-7)6-3-4-8(19-2)17-16-6/h3-4H,5H2,1-2H3. The lowest BCUT2D eigenvalue weighted by Gasteiger charge is -2.07. The van der Waals surface area contributed by atoms with Crippen LogP contribution in [0.4, 0.5) is 0 Å². The van der Waals surface area contributed by atoms with Gasteiger partial charge in [0, 0.05) is 13.2 Å². The van der Waals surface area contributed by atoms with E-state index in [1.54, 1.807) is 19.2 Å². The third kappa shape index (κ3) is 3.17. The van der Waals surface area contributed by atoms with Gasteiger partial charge in [0.2, 0.25) is 5.88 Å². The van der Waals surface area contributed by atoms with Gasteiger partial charge in [-0.15, -0.1) is 10.2 Å². The third-order valence-electron chi connectivity index (χ3n) is 2.24. The smallest absolute Gasteiger partial charge is 0.233 e. The summed E-state index contributed by atoms with van der Waals surface area (Å²) in [5.41, 5.74) is 1.16. The van der Waals surface area contributed by atoms with Gasteiger partial charge in [0.1, 0.15) is 10.8 Å². The van der Waals surface area contributed by atoms with Crippen LogP contribution < -0.4 is 4.74 Å². The van der Waals surface area contributed by atoms with E-state index in [9.17, 15) is 0 Å². The Balaban J connectivity index is 2.43. The lowest BCUT2D eigenvalue weighted by atomic mass is 10.3. The van der Waals surface area contributed by atoms with Crippen LogP contribution in [0.25, 0.3) is 11.5 Å². The van der Waals surface area contributed by atoms with Crippen molar-refractivity contribution >= 4 is 27.5 Å². The maximum Gasteiger partial charge on any atom is 0.233 e. The van der Waals surface area contributed by atoms with E-state index in [0.717, 1.165) is 0 Å². The van der Waals surface area contributed by atoms with E-state index in [1.165, 1.54) is 7.11 Å². The zero-order valence-corrected chi connectivity index (χ0v) is 12.6. The highest BCUT2D eigenvalue weighted by Gasteiger charge is 2.13. The van der Waals surface area contributed by atoms with Crippen molar-refractivity contribution in [1.82, 2.24) is 20.2 Å². The molecule has 0 aliphatic heterocycles. The minimum atomic E-state index is 0.301. The average Bonchev–Trinajstić information content (AvgIpc) is 2.44. The molecule has 0 spiro atoms. The number of ether oxygens (including phenoxy) is 2. The zero-order valence-electron chi connectivity index (χ0n) is 10.2. The predicted molar refractivity (Wildman–Crippen MR) is 73.0 cm³/mol. The molecule has 2 heterocycles. The van der Waals surface area contributed by atoms with Gasteiger partial charge in [-0.25, -0.2) is 9.97 Å². The van der Waals surface area contributed by atoms with Crippen molar-refractivity contribution in [3.63, 3.8) is 0 Å². The zero-order chi connectivity index (χ0) is 13.8. The van der Waals surface area contributed by atoms with Crippen LogP contribution in [0.5, 0.6) is 5.88 Å². The van der Waals surface area contributed by atoms with Crippen molar-refractivity contribution in [1.29, 1.82) is 0 Å². The molecule has 0 aliphatic carbocycles. The highest BCUT2D eigenvalue weighted by Crippen LogP contribution is 2.26. The fraction of sp³-hybridized carbons (Fsp3) is 0.273. The Morgan fingerprint density at radius 2 is 2.00 bits per heavy atom. The van der Waals surface area contributed by atoms with Crippen molar-refractivity contribution in [2.75, 3.05) is 14.2 Å². The van der Waals surface area contributed by atoms with Crippen LogP contribution in [0.15, 0.2) is 16.6 Å². The largest absolute Gasteiger partial charge is 0.480 e. The monoisotopic (exact) mass is 344 g/mol. The van der Waals surface area contributed by atoms with Gasteiger partial charge in [0.05, 0.1) is 23.9 Å². The highest BCUT2D eigenvalue weighted by atomic mass is 79.9. The molecule has 6 nitrogen and oxygen atoms in total. The molecule has 0 saturated heterocycles. The average molecular weight is 346 g/mol. The molecule has 19 heavy (non-hydrogen) atoms. The summed E-state index contributed by atoms with van der Waals surface area (Å²) in [6.07, 6.45) is 0. The summed E-state index contributed by atoms with van der Waals surface area (Å²) < 4.78 is 10.6. The van der Waals surface area contributed by atoms with Crippen LogP contribution in [0.3, 0.4) is 0 Å². The predicted octanol–water partition coefficient (Wildman–Crippen LogP) is 2.50. The van der Waals surface area contributed by atoms with Crippen LogP contribution in [-0.4, -0.2) is 34.4 Å². The van der Waals surface area contributed by atoms with E-state index in [2.05, 4.69) is 36.1 Å². The second kappa shape index (κ2) is 6.23. The number of methoxy groups -OCH3 is 2. The second-order valence-corrected chi connectivity index (χ2v) is 4.64. The molecule has 0 atom stereocenters. The SMILES string of the molecule is COCc1nc(-c2ccc(OC)nn2)nc(Cl)c1Br. The molecule has 0 fully saturated rings. The Morgan fingerprint density at radius 3 is 2.58 bits per heavy atom. The molecule has 8 heteroatoms. The number of aromatic nitrogens is 4. The molecule has 0 saturated carbocycles. The van der Waals surface area contributed by atoms with Crippen molar-refractivity contribution in [2.45, 2.75) is 6.61 Å². The number of halogens is 2. The van der Waals surface area contributed by atoms with E-state index in [4.69, 9.17) is 21.1 Å². The van der Waals surface area contributed by atoms with Crippen molar-refractivity contribution in [3.8, 4) is 17.4 Å². The lowest BCUT2D eigenvalue weighted by molar-refractivity contribution is 0.181. The van der Waals surface area contributed by atoms with Gasteiger partial charge < -0.3 is 9.47 Å². The molecular formula is C11H10BrClN4O2. The van der Waals surface area contributed by atoms with Gasteiger partial charge >= 0.3 is 0 Å². The molecule has 0 amide bonds. The summed E-state index contributed by atoms with van der Waals surface area (Å²) in [5, 5.41) is 8.14. The molecule has 2 aromatic heterocycles. The Hall–Kier alpha value is -1.31.